The lowest BCUT2D eigenvalue weighted by Gasteiger charge is -2.60. The summed E-state index contributed by atoms with van der Waals surface area (Å²) in [5.74, 6) is 1.05. The minimum absolute atomic E-state index is 0.0654. The molecule has 3 saturated carbocycles. The lowest BCUT2D eigenvalue weighted by molar-refractivity contribution is -0.136. The highest BCUT2D eigenvalue weighted by molar-refractivity contribution is 5.77. The molecule has 0 radical (unpaired) electrons. The lowest BCUT2D eigenvalue weighted by atomic mass is 9.47. The number of fused-ring (bicyclic) bond motifs is 5. The Morgan fingerprint density at radius 1 is 1.00 bits per heavy atom. The summed E-state index contributed by atoms with van der Waals surface area (Å²) in [5.41, 5.74) is -0.981. The number of benzene rings is 1. The molecule has 1 aromatic carbocycles. The first-order valence-electron chi connectivity index (χ1n) is 12.6. The van der Waals surface area contributed by atoms with Gasteiger partial charge in [-0.2, -0.15) is 13.2 Å². The van der Waals surface area contributed by atoms with Gasteiger partial charge >= 0.3 is 6.18 Å². The molecule has 1 saturated heterocycles. The zero-order valence-corrected chi connectivity index (χ0v) is 19.9. The summed E-state index contributed by atoms with van der Waals surface area (Å²) in [6.45, 7) is 12.3. The zero-order chi connectivity index (χ0) is 24.3. The number of carbonyl (C=O) groups is 1. The van der Waals surface area contributed by atoms with Crippen molar-refractivity contribution in [3.63, 3.8) is 0 Å². The molecule has 0 aromatic heterocycles. The Morgan fingerprint density at radius 3 is 2.38 bits per heavy atom. The summed E-state index contributed by atoms with van der Waals surface area (Å²) in [6.07, 6.45) is 2.20. The number of hydrogen-bond acceptors (Lipinski definition) is 1. The van der Waals surface area contributed by atoms with E-state index in [9.17, 15) is 18.0 Å². The van der Waals surface area contributed by atoms with Crippen LogP contribution >= 0.6 is 0 Å². The van der Waals surface area contributed by atoms with Crippen LogP contribution in [0.3, 0.4) is 0 Å². The minimum atomic E-state index is -4.57. The van der Waals surface area contributed by atoms with Crippen LogP contribution in [0.15, 0.2) is 36.0 Å². The average Bonchev–Trinajstić information content (AvgIpc) is 3.14. The molecule has 0 bridgehead atoms. The van der Waals surface area contributed by atoms with E-state index in [-0.39, 0.29) is 40.0 Å². The molecule has 34 heavy (non-hydrogen) atoms. The van der Waals surface area contributed by atoms with Crippen molar-refractivity contribution in [2.45, 2.75) is 77.4 Å². The van der Waals surface area contributed by atoms with E-state index in [1.54, 1.807) is 18.2 Å². The largest absolute Gasteiger partial charge is 0.407 e. The fourth-order valence-electron chi connectivity index (χ4n) is 8.52. The number of nitrogens with one attached hydrogen (secondary N) is 1. The van der Waals surface area contributed by atoms with Gasteiger partial charge in [0.1, 0.15) is 0 Å². The van der Waals surface area contributed by atoms with Gasteiger partial charge in [-0.05, 0) is 72.2 Å². The predicted molar refractivity (Wildman–Crippen MR) is 125 cm³/mol. The van der Waals surface area contributed by atoms with E-state index >= 15 is 0 Å². The minimum Gasteiger partial charge on any atom is -0.353 e. The molecule has 7 atom stereocenters. The Hall–Kier alpha value is -2.29. The highest BCUT2D eigenvalue weighted by Gasteiger charge is 2.61. The van der Waals surface area contributed by atoms with Crippen molar-refractivity contribution in [3.05, 3.63) is 53.0 Å². The van der Waals surface area contributed by atoms with E-state index < -0.39 is 11.7 Å². The van der Waals surface area contributed by atoms with Crippen molar-refractivity contribution < 1.29 is 18.0 Å². The van der Waals surface area contributed by atoms with Crippen molar-refractivity contribution in [1.29, 1.82) is 0 Å². The Kier molecular flexibility index (Phi) is 5.61. The zero-order valence-electron chi connectivity index (χ0n) is 19.9. The van der Waals surface area contributed by atoms with Gasteiger partial charge in [0, 0.05) is 12.5 Å². The number of rotatable bonds is 2. The standard InChI is InChI=1S/C28H33F3N2O/c1-26-15-13-20-18(9-12-22-27(20,2)16-14-23(34)33-22)19(26)10-11-21(26)25(32-3)24(28(29,30)31)17-7-5-4-6-8-17/h4-8,18-22H,9-16H2,1-2H3,(H,33,34)/b25-24-/t18-,19-,20-,21+,22+,26-,27+/m0/s1. The van der Waals surface area contributed by atoms with Crippen LogP contribution < -0.4 is 5.32 Å². The van der Waals surface area contributed by atoms with Crippen LogP contribution in [-0.4, -0.2) is 18.1 Å². The third-order valence-electron chi connectivity index (χ3n) is 10.1. The maximum Gasteiger partial charge on any atom is 0.407 e. The average molecular weight is 471 g/mol. The SMILES string of the molecule is [C-]#[N+]/C(=C(/c1ccccc1)C(F)(F)F)[C@H]1CC[C@H]2[C@@H]3CC[C@H]4NC(=O)CC[C@]4(C)[C@H]3CC[C@]12C. The first-order valence-corrected chi connectivity index (χ1v) is 12.6. The number of amides is 1. The van der Waals surface area contributed by atoms with Gasteiger partial charge in [-0.3, -0.25) is 4.79 Å². The van der Waals surface area contributed by atoms with E-state index in [0.717, 1.165) is 38.5 Å². The topological polar surface area (TPSA) is 33.5 Å². The highest BCUT2D eigenvalue weighted by Crippen LogP contribution is 2.67. The number of alkyl halides is 3. The third-order valence-corrected chi connectivity index (χ3v) is 10.1. The molecule has 1 N–H and O–H groups in total. The molecule has 4 aliphatic rings. The molecule has 0 spiro atoms. The normalized spacial score (nSPS) is 40.2. The molecule has 1 aliphatic heterocycles. The Morgan fingerprint density at radius 2 is 1.71 bits per heavy atom. The van der Waals surface area contributed by atoms with Gasteiger partial charge in [-0.1, -0.05) is 57.0 Å². The van der Waals surface area contributed by atoms with Crippen molar-refractivity contribution >= 4 is 11.5 Å². The van der Waals surface area contributed by atoms with E-state index in [1.807, 2.05) is 0 Å². The molecule has 3 nitrogen and oxygen atoms in total. The first kappa shape index (κ1) is 23.5. The molecule has 1 heterocycles. The smallest absolute Gasteiger partial charge is 0.353 e. The van der Waals surface area contributed by atoms with Gasteiger partial charge in [-0.25, -0.2) is 4.85 Å². The summed E-state index contributed by atoms with van der Waals surface area (Å²) in [4.78, 5) is 15.6. The van der Waals surface area contributed by atoms with Crippen LogP contribution in [0.2, 0.25) is 0 Å². The van der Waals surface area contributed by atoms with Crippen LogP contribution in [0.1, 0.15) is 70.8 Å². The van der Waals surface area contributed by atoms with Crippen LogP contribution in [0.4, 0.5) is 13.2 Å². The van der Waals surface area contributed by atoms with Crippen molar-refractivity contribution in [2.75, 3.05) is 0 Å². The van der Waals surface area contributed by atoms with Crippen molar-refractivity contribution in [3.8, 4) is 0 Å². The maximum atomic E-state index is 14.3. The van der Waals surface area contributed by atoms with Crippen molar-refractivity contribution in [2.24, 2.45) is 34.5 Å². The second kappa shape index (κ2) is 8.14. The van der Waals surface area contributed by atoms with Crippen LogP contribution in [0.25, 0.3) is 10.4 Å². The molecule has 0 unspecified atom stereocenters. The molecular weight excluding hydrogens is 437 g/mol. The number of allylic oxidation sites excluding steroid dienone is 2. The quantitative estimate of drug-likeness (QED) is 0.463. The van der Waals surface area contributed by atoms with Gasteiger partial charge in [-0.15, -0.1) is 0 Å². The monoisotopic (exact) mass is 470 g/mol. The second-order valence-corrected chi connectivity index (χ2v) is 11.5. The number of carbonyl (C=O) groups excluding carboxylic acids is 1. The van der Waals surface area contributed by atoms with Gasteiger partial charge in [0.15, 0.2) is 5.70 Å². The molecule has 3 aliphatic carbocycles. The Balaban J connectivity index is 1.51. The first-order chi connectivity index (χ1) is 16.1. The van der Waals surface area contributed by atoms with E-state index in [2.05, 4.69) is 24.0 Å². The maximum absolute atomic E-state index is 14.3. The van der Waals surface area contributed by atoms with Gasteiger partial charge in [0.05, 0.1) is 12.1 Å². The predicted octanol–water partition coefficient (Wildman–Crippen LogP) is 7.02. The third kappa shape index (κ3) is 3.49. The molecule has 1 aromatic rings. The molecule has 4 fully saturated rings. The molecule has 6 heteroatoms. The summed E-state index contributed by atoms with van der Waals surface area (Å²) in [6, 6.07) is 8.07. The Labute approximate surface area is 200 Å². The second-order valence-electron chi connectivity index (χ2n) is 11.5. The number of hydrogen-bond donors (Lipinski definition) is 1. The fraction of sp³-hybridized carbons (Fsp3) is 0.643. The summed E-state index contributed by atoms with van der Waals surface area (Å²) in [7, 11) is 0. The summed E-state index contributed by atoms with van der Waals surface area (Å²) >= 11 is 0. The molecule has 1 amide bonds. The van der Waals surface area contributed by atoms with Crippen LogP contribution in [-0.2, 0) is 4.79 Å². The molecular formula is C28H33F3N2O. The number of nitrogens with zero attached hydrogens (tertiary/aromatic N) is 1. The highest BCUT2D eigenvalue weighted by atomic mass is 19.4. The fourth-order valence-corrected chi connectivity index (χ4v) is 8.52. The molecule has 5 rings (SSSR count). The van der Waals surface area contributed by atoms with Gasteiger partial charge in [0.2, 0.25) is 5.91 Å². The van der Waals surface area contributed by atoms with E-state index in [0.29, 0.717) is 30.6 Å². The Bertz CT molecular complexity index is 1040. The van der Waals surface area contributed by atoms with Crippen LogP contribution in [0.5, 0.6) is 0 Å². The van der Waals surface area contributed by atoms with E-state index in [4.69, 9.17) is 6.57 Å². The van der Waals surface area contributed by atoms with Crippen molar-refractivity contribution in [1.82, 2.24) is 5.32 Å². The lowest BCUT2D eigenvalue weighted by Crippen LogP contribution is -2.61. The van der Waals surface area contributed by atoms with Crippen LogP contribution in [0, 0.1) is 41.1 Å². The summed E-state index contributed by atoms with van der Waals surface area (Å²) < 4.78 is 43.0. The molecule has 182 valence electrons. The summed E-state index contributed by atoms with van der Waals surface area (Å²) in [5, 5.41) is 3.24. The van der Waals surface area contributed by atoms with Gasteiger partial charge < -0.3 is 5.32 Å². The number of piperidine rings is 1. The van der Waals surface area contributed by atoms with Gasteiger partial charge in [0.25, 0.3) is 0 Å². The number of halogens is 3. The van der Waals surface area contributed by atoms with E-state index in [1.165, 1.54) is 12.1 Å².